The molecule has 0 aliphatic rings. The van der Waals surface area contributed by atoms with Crippen LogP contribution < -0.4 is 5.32 Å². The van der Waals surface area contributed by atoms with Gasteiger partial charge in [-0.3, -0.25) is 4.79 Å². The lowest BCUT2D eigenvalue weighted by atomic mass is 9.94. The van der Waals surface area contributed by atoms with Crippen molar-refractivity contribution in [1.82, 2.24) is 5.32 Å². The minimum atomic E-state index is -4.50. The van der Waals surface area contributed by atoms with Crippen molar-refractivity contribution in [2.24, 2.45) is 0 Å². The zero-order chi connectivity index (χ0) is 22.1. The number of benzene rings is 3. The van der Waals surface area contributed by atoms with Crippen LogP contribution in [0.15, 0.2) is 84.9 Å². The normalized spacial score (nSPS) is 12.4. The summed E-state index contributed by atoms with van der Waals surface area (Å²) in [7, 11) is 0. The lowest BCUT2D eigenvalue weighted by Gasteiger charge is -2.20. The quantitative estimate of drug-likeness (QED) is 0.472. The molecule has 3 aromatic rings. The number of hydrogen-bond acceptors (Lipinski definition) is 2. The lowest BCUT2D eigenvalue weighted by Crippen LogP contribution is -2.30. The average molecular weight is 427 g/mol. The van der Waals surface area contributed by atoms with Crippen molar-refractivity contribution in [3.05, 3.63) is 107 Å². The van der Waals surface area contributed by atoms with Gasteiger partial charge in [0.25, 0.3) is 0 Å². The first-order valence-electron chi connectivity index (χ1n) is 10.0. The Morgan fingerprint density at radius 1 is 0.806 bits per heavy atom. The van der Waals surface area contributed by atoms with Gasteiger partial charge in [-0.15, -0.1) is 0 Å². The number of alkyl halides is 3. The molecule has 1 N–H and O–H groups in total. The Morgan fingerprint density at radius 2 is 1.39 bits per heavy atom. The lowest BCUT2D eigenvalue weighted by molar-refractivity contribution is -0.157. The van der Waals surface area contributed by atoms with Crippen LogP contribution in [0, 0.1) is 0 Å². The molecule has 0 saturated carbocycles. The monoisotopic (exact) mass is 427 g/mol. The van der Waals surface area contributed by atoms with Gasteiger partial charge >= 0.3 is 6.18 Å². The first-order valence-corrected chi connectivity index (χ1v) is 10.0. The van der Waals surface area contributed by atoms with Crippen LogP contribution in [0.3, 0.4) is 0 Å². The van der Waals surface area contributed by atoms with Crippen molar-refractivity contribution in [3.63, 3.8) is 0 Å². The second-order valence-corrected chi connectivity index (χ2v) is 7.23. The predicted molar refractivity (Wildman–Crippen MR) is 113 cm³/mol. The number of carbonyl (C=O) groups is 1. The summed E-state index contributed by atoms with van der Waals surface area (Å²) in [6.45, 7) is 0.936. The summed E-state index contributed by atoms with van der Waals surface area (Å²) in [5.41, 5.74) is 2.83. The van der Waals surface area contributed by atoms with Crippen molar-refractivity contribution in [1.29, 1.82) is 0 Å². The molecule has 3 nitrogen and oxygen atoms in total. The maximum Gasteiger partial charge on any atom is 0.396 e. The third-order valence-corrected chi connectivity index (χ3v) is 4.95. The van der Waals surface area contributed by atoms with Gasteiger partial charge in [0.05, 0.1) is 19.1 Å². The summed E-state index contributed by atoms with van der Waals surface area (Å²) >= 11 is 0. The van der Waals surface area contributed by atoms with E-state index >= 15 is 0 Å². The van der Waals surface area contributed by atoms with E-state index in [2.05, 4.69) is 5.32 Å². The van der Waals surface area contributed by atoms with Crippen LogP contribution in [0.4, 0.5) is 13.2 Å². The van der Waals surface area contributed by atoms with Gasteiger partial charge in [0.2, 0.25) is 5.91 Å². The first-order chi connectivity index (χ1) is 14.9. The van der Waals surface area contributed by atoms with Gasteiger partial charge < -0.3 is 10.1 Å². The Balaban J connectivity index is 1.57. The molecule has 0 aliphatic heterocycles. The zero-order valence-electron chi connectivity index (χ0n) is 16.9. The van der Waals surface area contributed by atoms with Crippen molar-refractivity contribution in [2.45, 2.75) is 38.3 Å². The molecule has 1 atom stereocenters. The van der Waals surface area contributed by atoms with Gasteiger partial charge in [0.1, 0.15) is 0 Å². The molecule has 0 aromatic heterocycles. The van der Waals surface area contributed by atoms with Gasteiger partial charge in [-0.25, -0.2) is 0 Å². The molecule has 162 valence electrons. The van der Waals surface area contributed by atoms with Gasteiger partial charge in [-0.1, -0.05) is 84.9 Å². The van der Waals surface area contributed by atoms with E-state index in [9.17, 15) is 18.0 Å². The van der Waals surface area contributed by atoms with Crippen LogP contribution in [-0.2, 0) is 29.3 Å². The van der Waals surface area contributed by atoms with Gasteiger partial charge in [-0.2, -0.15) is 13.2 Å². The molecule has 0 spiro atoms. The molecule has 0 bridgehead atoms. The molecule has 6 heteroatoms. The Labute approximate surface area is 179 Å². The summed E-state index contributed by atoms with van der Waals surface area (Å²) in [6.07, 6.45) is -5.15. The van der Waals surface area contributed by atoms with E-state index in [1.807, 2.05) is 54.6 Å². The summed E-state index contributed by atoms with van der Waals surface area (Å²) < 4.78 is 46.2. The highest BCUT2D eigenvalue weighted by molar-refractivity contribution is 5.77. The van der Waals surface area contributed by atoms with Crippen LogP contribution in [-0.4, -0.2) is 12.1 Å². The highest BCUT2D eigenvalue weighted by Crippen LogP contribution is 2.37. The number of halogens is 3. The molecular weight excluding hydrogens is 403 g/mol. The summed E-state index contributed by atoms with van der Waals surface area (Å²) in [5.74, 6) is -2.48. The predicted octanol–water partition coefficient (Wildman–Crippen LogP) is 5.76. The van der Waals surface area contributed by atoms with E-state index in [0.717, 1.165) is 16.7 Å². The number of ether oxygens (including phenoxy) is 1. The second kappa shape index (κ2) is 10.8. The highest BCUT2D eigenvalue weighted by Gasteiger charge is 2.41. The minimum Gasteiger partial charge on any atom is -0.372 e. The Kier molecular flexibility index (Phi) is 7.84. The van der Waals surface area contributed by atoms with Crippen LogP contribution in [0.5, 0.6) is 0 Å². The topological polar surface area (TPSA) is 38.3 Å². The molecular formula is C25H24F3NO2. The maximum atomic E-state index is 13.5. The largest absolute Gasteiger partial charge is 0.396 e. The van der Waals surface area contributed by atoms with Gasteiger partial charge in [0.15, 0.2) is 0 Å². The number of carbonyl (C=O) groups excluding carboxylic acids is 1. The van der Waals surface area contributed by atoms with E-state index in [0.29, 0.717) is 13.2 Å². The number of rotatable bonds is 9. The van der Waals surface area contributed by atoms with E-state index in [4.69, 9.17) is 4.74 Å². The van der Waals surface area contributed by atoms with E-state index in [1.54, 1.807) is 6.07 Å². The van der Waals surface area contributed by atoms with Crippen LogP contribution >= 0.6 is 0 Å². The molecule has 3 rings (SSSR count). The van der Waals surface area contributed by atoms with E-state index in [1.165, 1.54) is 24.3 Å². The Hall–Kier alpha value is -3.12. The number of nitrogens with one attached hydrogen (secondary N) is 1. The molecule has 1 amide bonds. The molecule has 0 saturated heterocycles. The standard InChI is InChI=1S/C25H24F3NO2/c26-25(27,28)23(20-11-5-2-6-12-20)15-24(30)29-16-21-13-7-8-14-22(21)18-31-17-19-9-3-1-4-10-19/h1-14,23H,15-18H2,(H,29,30). The van der Waals surface area contributed by atoms with Crippen LogP contribution in [0.1, 0.15) is 34.6 Å². The van der Waals surface area contributed by atoms with Crippen LogP contribution in [0.2, 0.25) is 0 Å². The Bertz CT molecular complexity index is 959. The molecule has 0 aliphatic carbocycles. The van der Waals surface area contributed by atoms with Crippen molar-refractivity contribution < 1.29 is 22.7 Å². The van der Waals surface area contributed by atoms with E-state index in [-0.39, 0.29) is 12.1 Å². The zero-order valence-corrected chi connectivity index (χ0v) is 16.9. The van der Waals surface area contributed by atoms with Crippen molar-refractivity contribution in [2.75, 3.05) is 0 Å². The number of hydrogen-bond donors (Lipinski definition) is 1. The summed E-state index contributed by atoms with van der Waals surface area (Å²) in [5, 5.41) is 2.63. The fourth-order valence-electron chi connectivity index (χ4n) is 3.28. The number of amides is 1. The van der Waals surface area contributed by atoms with Crippen molar-refractivity contribution in [3.8, 4) is 0 Å². The summed E-state index contributed by atoms with van der Waals surface area (Å²) in [4.78, 5) is 12.3. The molecule has 1 unspecified atom stereocenters. The summed E-state index contributed by atoms with van der Waals surface area (Å²) in [6, 6.07) is 24.7. The second-order valence-electron chi connectivity index (χ2n) is 7.23. The molecule has 0 radical (unpaired) electrons. The average Bonchev–Trinajstić information content (AvgIpc) is 2.77. The third kappa shape index (κ3) is 6.96. The molecule has 0 heterocycles. The molecule has 3 aromatic carbocycles. The van der Waals surface area contributed by atoms with Crippen LogP contribution in [0.25, 0.3) is 0 Å². The van der Waals surface area contributed by atoms with Gasteiger partial charge in [0, 0.05) is 13.0 Å². The minimum absolute atomic E-state index is 0.0832. The third-order valence-electron chi connectivity index (χ3n) is 4.95. The Morgan fingerprint density at radius 3 is 2.03 bits per heavy atom. The van der Waals surface area contributed by atoms with E-state index < -0.39 is 24.4 Å². The SMILES string of the molecule is O=C(CC(c1ccccc1)C(F)(F)F)NCc1ccccc1COCc1ccccc1. The van der Waals surface area contributed by atoms with Gasteiger partial charge in [-0.05, 0) is 22.3 Å². The molecule has 0 fully saturated rings. The highest BCUT2D eigenvalue weighted by atomic mass is 19.4. The molecule has 31 heavy (non-hydrogen) atoms. The fraction of sp³-hybridized carbons (Fsp3) is 0.240. The maximum absolute atomic E-state index is 13.5. The van der Waals surface area contributed by atoms with Crippen molar-refractivity contribution >= 4 is 5.91 Å². The smallest absolute Gasteiger partial charge is 0.372 e. The first kappa shape index (κ1) is 22.6. The fourth-order valence-corrected chi connectivity index (χ4v) is 3.28.